The van der Waals surface area contributed by atoms with Crippen molar-refractivity contribution in [1.82, 2.24) is 4.90 Å². The molecule has 0 aliphatic carbocycles. The van der Waals surface area contributed by atoms with Crippen molar-refractivity contribution >= 4 is 17.3 Å². The fraction of sp³-hybridized carbons (Fsp3) is 0.545. The minimum Gasteiger partial charge on any atom is -0.383 e. The number of amides is 1. The smallest absolute Gasteiger partial charge is 0.253 e. The maximum Gasteiger partial charge on any atom is 0.253 e. The van der Waals surface area contributed by atoms with E-state index < -0.39 is 10.9 Å². The lowest BCUT2D eigenvalue weighted by molar-refractivity contribution is -0.129. The number of piperazine rings is 1. The number of nitrogens with one attached hydrogen (secondary N) is 1. The Hall–Kier alpha value is -1.85. The second kappa shape index (κ2) is 4.20. The average Bonchev–Trinajstić information content (AvgIpc) is 2.34. The molecule has 1 fully saturated rings. The monoisotopic (exact) mass is 237 g/mol. The summed E-state index contributed by atoms with van der Waals surface area (Å²) in [5.41, 5.74) is -0.00546. The van der Waals surface area contributed by atoms with Crippen LogP contribution in [0.15, 0.2) is 9.59 Å². The van der Waals surface area contributed by atoms with E-state index in [0.29, 0.717) is 37.6 Å². The van der Waals surface area contributed by atoms with E-state index in [1.807, 2.05) is 4.90 Å². The van der Waals surface area contributed by atoms with Crippen molar-refractivity contribution in [2.24, 2.45) is 0 Å². The van der Waals surface area contributed by atoms with Gasteiger partial charge in [-0.3, -0.25) is 14.4 Å². The number of nitrogens with zero attached hydrogens (tertiary/aromatic N) is 2. The van der Waals surface area contributed by atoms with Crippen LogP contribution in [0, 0.1) is 0 Å². The molecule has 2 rings (SSSR count). The summed E-state index contributed by atoms with van der Waals surface area (Å²) in [5.74, 6) is 0.0449. The molecule has 0 atom stereocenters. The summed E-state index contributed by atoms with van der Waals surface area (Å²) in [5, 5.41) is 2.75. The second-order valence-corrected chi connectivity index (χ2v) is 4.12. The molecule has 0 bridgehead atoms. The Morgan fingerprint density at radius 2 is 1.71 bits per heavy atom. The van der Waals surface area contributed by atoms with Crippen LogP contribution in [0.4, 0.5) is 11.4 Å². The van der Waals surface area contributed by atoms with Gasteiger partial charge in [-0.25, -0.2) is 0 Å². The molecule has 1 saturated heterocycles. The van der Waals surface area contributed by atoms with E-state index in [1.165, 1.54) is 6.92 Å². The van der Waals surface area contributed by atoms with Crippen LogP contribution < -0.4 is 21.1 Å². The lowest BCUT2D eigenvalue weighted by Crippen LogP contribution is -2.52. The highest BCUT2D eigenvalue weighted by atomic mass is 16.2. The first-order valence-electron chi connectivity index (χ1n) is 5.57. The molecule has 6 heteroatoms. The van der Waals surface area contributed by atoms with Gasteiger partial charge >= 0.3 is 0 Å². The van der Waals surface area contributed by atoms with Crippen molar-refractivity contribution < 1.29 is 4.79 Å². The maximum atomic E-state index is 11.5. The van der Waals surface area contributed by atoms with Gasteiger partial charge < -0.3 is 15.1 Å². The van der Waals surface area contributed by atoms with Gasteiger partial charge in [0.1, 0.15) is 11.4 Å². The van der Waals surface area contributed by atoms with Crippen molar-refractivity contribution in [2.75, 3.05) is 43.4 Å². The summed E-state index contributed by atoms with van der Waals surface area (Å²) in [4.78, 5) is 37.5. The third-order valence-corrected chi connectivity index (χ3v) is 3.18. The molecule has 0 aromatic heterocycles. The van der Waals surface area contributed by atoms with Crippen LogP contribution in [0.3, 0.4) is 0 Å². The van der Waals surface area contributed by atoms with E-state index in [0.717, 1.165) is 0 Å². The molecule has 1 N–H and O–H groups in total. The Morgan fingerprint density at radius 3 is 2.18 bits per heavy atom. The first-order valence-corrected chi connectivity index (χ1v) is 5.57. The lowest BCUT2D eigenvalue weighted by Gasteiger charge is -2.36. The molecule has 1 aromatic carbocycles. The zero-order valence-electron chi connectivity index (χ0n) is 9.95. The van der Waals surface area contributed by atoms with Crippen molar-refractivity contribution in [3.63, 3.8) is 0 Å². The third kappa shape index (κ3) is 1.79. The van der Waals surface area contributed by atoms with E-state index in [4.69, 9.17) is 0 Å². The summed E-state index contributed by atoms with van der Waals surface area (Å²) in [7, 11) is 1.63. The molecule has 17 heavy (non-hydrogen) atoms. The van der Waals surface area contributed by atoms with Crippen molar-refractivity contribution in [1.29, 1.82) is 0 Å². The van der Waals surface area contributed by atoms with Crippen LogP contribution >= 0.6 is 0 Å². The van der Waals surface area contributed by atoms with Gasteiger partial charge in [-0.15, -0.1) is 0 Å². The van der Waals surface area contributed by atoms with E-state index in [-0.39, 0.29) is 5.91 Å². The molecule has 1 aliphatic rings. The molecule has 92 valence electrons. The van der Waals surface area contributed by atoms with Crippen LogP contribution in [0.25, 0.3) is 0 Å². The number of rotatable bonds is 2. The minimum atomic E-state index is -0.448. The van der Waals surface area contributed by atoms with Crippen LogP contribution in [0.1, 0.15) is 6.92 Å². The van der Waals surface area contributed by atoms with Crippen LogP contribution in [-0.2, 0) is 4.79 Å². The molecule has 0 unspecified atom stereocenters. The molecule has 6 nitrogen and oxygen atoms in total. The Balaban J connectivity index is 2.11. The molecule has 0 saturated carbocycles. The van der Waals surface area contributed by atoms with E-state index in [2.05, 4.69) is 5.32 Å². The summed E-state index contributed by atoms with van der Waals surface area (Å²) in [6.45, 7) is 3.92. The summed E-state index contributed by atoms with van der Waals surface area (Å²) in [6, 6.07) is 0. The highest BCUT2D eigenvalue weighted by Crippen LogP contribution is 2.20. The normalized spacial score (nSPS) is 16.4. The van der Waals surface area contributed by atoms with Gasteiger partial charge in [0.15, 0.2) is 0 Å². The fourth-order valence-corrected chi connectivity index (χ4v) is 2.16. The number of hydrogen-bond donors (Lipinski definition) is 1. The van der Waals surface area contributed by atoms with Crippen molar-refractivity contribution in [3.05, 3.63) is 20.4 Å². The quantitative estimate of drug-likeness (QED) is 0.668. The van der Waals surface area contributed by atoms with Gasteiger partial charge in [0, 0.05) is 40.2 Å². The summed E-state index contributed by atoms with van der Waals surface area (Å²) >= 11 is 0. The molecule has 0 radical (unpaired) electrons. The van der Waals surface area contributed by atoms with E-state index >= 15 is 0 Å². The number of carbonyl (C=O) groups is 1. The predicted molar refractivity (Wildman–Crippen MR) is 65.4 cm³/mol. The Labute approximate surface area is 98.5 Å². The molecular weight excluding hydrogens is 222 g/mol. The van der Waals surface area contributed by atoms with Crippen LogP contribution in [0.2, 0.25) is 0 Å². The van der Waals surface area contributed by atoms with Gasteiger partial charge in [0.05, 0.1) is 0 Å². The van der Waals surface area contributed by atoms with Gasteiger partial charge in [-0.2, -0.15) is 0 Å². The largest absolute Gasteiger partial charge is 0.383 e. The molecule has 1 aliphatic heterocycles. The molecular formula is C11H15N3O3. The first kappa shape index (κ1) is 11.6. The Morgan fingerprint density at radius 1 is 1.12 bits per heavy atom. The highest BCUT2D eigenvalue weighted by molar-refractivity contribution is 5.76. The molecule has 1 amide bonds. The van der Waals surface area contributed by atoms with Crippen LogP contribution in [-0.4, -0.2) is 44.0 Å². The van der Waals surface area contributed by atoms with E-state index in [9.17, 15) is 14.4 Å². The molecule has 1 heterocycles. The van der Waals surface area contributed by atoms with Crippen LogP contribution in [0.5, 0.6) is 0 Å². The predicted octanol–water partition coefficient (Wildman–Crippen LogP) is -1.01. The zero-order chi connectivity index (χ0) is 12.6. The SMILES string of the molecule is CNc1c(N2CCN(C(C)=O)CC2)c(=O)c1=O. The summed E-state index contributed by atoms with van der Waals surface area (Å²) in [6.07, 6.45) is 0. The Bertz CT molecular complexity index is 508. The van der Waals surface area contributed by atoms with Crippen molar-refractivity contribution in [3.8, 4) is 0 Å². The van der Waals surface area contributed by atoms with Crippen molar-refractivity contribution in [2.45, 2.75) is 6.92 Å². The molecule has 0 spiro atoms. The van der Waals surface area contributed by atoms with Gasteiger partial charge in [-0.05, 0) is 0 Å². The zero-order valence-corrected chi connectivity index (χ0v) is 9.95. The number of carbonyl (C=O) groups excluding carboxylic acids is 1. The average molecular weight is 237 g/mol. The third-order valence-electron chi connectivity index (χ3n) is 3.18. The summed E-state index contributed by atoms with van der Waals surface area (Å²) < 4.78 is 0. The topological polar surface area (TPSA) is 69.7 Å². The van der Waals surface area contributed by atoms with Gasteiger partial charge in [-0.1, -0.05) is 0 Å². The second-order valence-electron chi connectivity index (χ2n) is 4.12. The van der Waals surface area contributed by atoms with E-state index in [1.54, 1.807) is 11.9 Å². The fourth-order valence-electron chi connectivity index (χ4n) is 2.16. The number of anilines is 2. The first-order chi connectivity index (χ1) is 8.06. The van der Waals surface area contributed by atoms with Gasteiger partial charge in [0.2, 0.25) is 5.91 Å². The standard InChI is InChI=1S/C11H15N3O3/c1-7(15)13-3-5-14(6-4-13)9-8(12-2)10(16)11(9)17/h12H,3-6H2,1-2H3. The van der Waals surface area contributed by atoms with Gasteiger partial charge in [0.25, 0.3) is 10.9 Å². The number of hydrogen-bond acceptors (Lipinski definition) is 5. The Kier molecular flexibility index (Phi) is 2.87. The molecule has 1 aromatic rings. The lowest BCUT2D eigenvalue weighted by atomic mass is 10.1. The minimum absolute atomic E-state index is 0.0449. The maximum absolute atomic E-state index is 11.5. The highest BCUT2D eigenvalue weighted by Gasteiger charge is 2.28.